The molecule has 3 heterocycles. The summed E-state index contributed by atoms with van der Waals surface area (Å²) in [5.41, 5.74) is 3.09. The van der Waals surface area contributed by atoms with Crippen LogP contribution in [0.4, 0.5) is 0 Å². The minimum Gasteiger partial charge on any atom is -0.317 e. The highest BCUT2D eigenvalue weighted by Crippen LogP contribution is 2.31. The summed E-state index contributed by atoms with van der Waals surface area (Å²) >= 11 is 0. The van der Waals surface area contributed by atoms with Gasteiger partial charge >= 0.3 is 5.69 Å². The Bertz CT molecular complexity index is 700. The molecular formula is C17H26Cl2N4O. The van der Waals surface area contributed by atoms with Gasteiger partial charge in [-0.1, -0.05) is 6.07 Å². The van der Waals surface area contributed by atoms with E-state index in [9.17, 15) is 4.79 Å². The summed E-state index contributed by atoms with van der Waals surface area (Å²) < 4.78 is 0. The number of aromatic nitrogens is 2. The van der Waals surface area contributed by atoms with Crippen LogP contribution in [0.25, 0.3) is 11.0 Å². The second-order valence-corrected chi connectivity index (χ2v) is 6.68. The predicted molar refractivity (Wildman–Crippen MR) is 103 cm³/mol. The van der Waals surface area contributed by atoms with Crippen LogP contribution in [0.1, 0.15) is 37.2 Å². The molecule has 2 aromatic rings. The summed E-state index contributed by atoms with van der Waals surface area (Å²) in [7, 11) is 0. The summed E-state index contributed by atoms with van der Waals surface area (Å²) in [4.78, 5) is 19.7. The van der Waals surface area contributed by atoms with Gasteiger partial charge in [-0.3, -0.25) is 0 Å². The summed E-state index contributed by atoms with van der Waals surface area (Å²) in [6.07, 6.45) is 5.04. The number of imidazole rings is 1. The number of aromatic amines is 2. The third kappa shape index (κ3) is 3.97. The van der Waals surface area contributed by atoms with Gasteiger partial charge in [0.2, 0.25) is 0 Å². The molecular weight excluding hydrogens is 347 g/mol. The third-order valence-electron chi connectivity index (χ3n) is 5.37. The van der Waals surface area contributed by atoms with Crippen molar-refractivity contribution in [1.29, 1.82) is 0 Å². The van der Waals surface area contributed by atoms with Crippen molar-refractivity contribution in [2.24, 2.45) is 0 Å². The monoisotopic (exact) mass is 372 g/mol. The first kappa shape index (κ1) is 19.3. The van der Waals surface area contributed by atoms with Crippen LogP contribution >= 0.6 is 24.8 Å². The lowest BCUT2D eigenvalue weighted by Crippen LogP contribution is -2.46. The highest BCUT2D eigenvalue weighted by Gasteiger charge is 2.26. The van der Waals surface area contributed by atoms with Crippen molar-refractivity contribution in [3.63, 3.8) is 0 Å². The minimum absolute atomic E-state index is 0. The minimum atomic E-state index is -0.118. The van der Waals surface area contributed by atoms with Gasteiger partial charge in [0.25, 0.3) is 0 Å². The maximum Gasteiger partial charge on any atom is 0.323 e. The first-order valence-corrected chi connectivity index (χ1v) is 8.46. The number of rotatable bonds is 2. The molecule has 2 fully saturated rings. The van der Waals surface area contributed by atoms with Gasteiger partial charge in [-0.25, -0.2) is 4.79 Å². The van der Waals surface area contributed by atoms with E-state index < -0.39 is 0 Å². The smallest absolute Gasteiger partial charge is 0.317 e. The number of nitrogens with one attached hydrogen (secondary N) is 3. The Kier molecular flexibility index (Phi) is 6.75. The molecule has 2 aliphatic rings. The number of piperidine rings is 2. The molecule has 0 radical (unpaired) electrons. The molecule has 134 valence electrons. The van der Waals surface area contributed by atoms with Gasteiger partial charge in [0.05, 0.1) is 11.0 Å². The lowest BCUT2D eigenvalue weighted by atomic mass is 9.88. The van der Waals surface area contributed by atoms with Crippen molar-refractivity contribution < 1.29 is 0 Å². The second kappa shape index (κ2) is 8.39. The van der Waals surface area contributed by atoms with Gasteiger partial charge in [0.1, 0.15) is 0 Å². The lowest BCUT2D eigenvalue weighted by molar-refractivity contribution is 0.127. The molecule has 0 spiro atoms. The molecule has 0 bridgehead atoms. The van der Waals surface area contributed by atoms with E-state index in [4.69, 9.17) is 0 Å². The van der Waals surface area contributed by atoms with Crippen molar-refractivity contribution in [3.8, 4) is 0 Å². The number of benzene rings is 1. The largest absolute Gasteiger partial charge is 0.323 e. The predicted octanol–water partition coefficient (Wildman–Crippen LogP) is 2.63. The van der Waals surface area contributed by atoms with Crippen LogP contribution in [0.5, 0.6) is 0 Å². The van der Waals surface area contributed by atoms with Crippen molar-refractivity contribution >= 4 is 35.8 Å². The maximum absolute atomic E-state index is 11.4. The molecule has 2 aliphatic heterocycles. The zero-order valence-corrected chi connectivity index (χ0v) is 15.3. The topological polar surface area (TPSA) is 63.9 Å². The van der Waals surface area contributed by atoms with E-state index in [-0.39, 0.29) is 30.5 Å². The van der Waals surface area contributed by atoms with Crippen LogP contribution in [0.2, 0.25) is 0 Å². The number of H-pyrrole nitrogens is 2. The van der Waals surface area contributed by atoms with E-state index in [1.807, 2.05) is 6.07 Å². The molecule has 4 rings (SSSR count). The van der Waals surface area contributed by atoms with Crippen LogP contribution in [-0.2, 0) is 0 Å². The summed E-state index contributed by atoms with van der Waals surface area (Å²) in [5.74, 6) is 0.626. The van der Waals surface area contributed by atoms with E-state index in [0.29, 0.717) is 5.92 Å². The fourth-order valence-electron chi connectivity index (χ4n) is 4.07. The summed E-state index contributed by atoms with van der Waals surface area (Å²) in [6.45, 7) is 4.75. The van der Waals surface area contributed by atoms with Crippen LogP contribution < -0.4 is 11.0 Å². The Hall–Kier alpha value is -1.01. The van der Waals surface area contributed by atoms with Gasteiger partial charge in [-0.2, -0.15) is 0 Å². The number of nitrogens with zero attached hydrogens (tertiary/aromatic N) is 1. The Labute approximate surface area is 154 Å². The lowest BCUT2D eigenvalue weighted by Gasteiger charge is -2.39. The Morgan fingerprint density at radius 3 is 2.29 bits per heavy atom. The van der Waals surface area contributed by atoms with Gasteiger partial charge in [-0.15, -0.1) is 24.8 Å². The van der Waals surface area contributed by atoms with Crippen molar-refractivity contribution in [2.45, 2.75) is 37.6 Å². The highest BCUT2D eigenvalue weighted by molar-refractivity contribution is 5.85. The third-order valence-corrected chi connectivity index (χ3v) is 5.37. The van der Waals surface area contributed by atoms with Crippen molar-refractivity contribution in [2.75, 3.05) is 26.2 Å². The van der Waals surface area contributed by atoms with Crippen molar-refractivity contribution in [1.82, 2.24) is 20.2 Å². The van der Waals surface area contributed by atoms with E-state index in [1.165, 1.54) is 57.4 Å². The Balaban J connectivity index is 0.00000104. The molecule has 7 heteroatoms. The molecule has 5 nitrogen and oxygen atoms in total. The number of hydrogen-bond acceptors (Lipinski definition) is 3. The number of likely N-dealkylation sites (tertiary alicyclic amines) is 1. The summed E-state index contributed by atoms with van der Waals surface area (Å²) in [5, 5.41) is 3.45. The maximum atomic E-state index is 11.4. The molecule has 1 aromatic carbocycles. The normalized spacial score (nSPS) is 20.5. The van der Waals surface area contributed by atoms with E-state index in [2.05, 4.69) is 32.3 Å². The quantitative estimate of drug-likeness (QED) is 0.758. The van der Waals surface area contributed by atoms with E-state index in [0.717, 1.165) is 17.1 Å². The fraction of sp³-hybridized carbons (Fsp3) is 0.588. The number of hydrogen-bond donors (Lipinski definition) is 3. The Morgan fingerprint density at radius 1 is 0.917 bits per heavy atom. The number of fused-ring (bicyclic) bond motifs is 1. The van der Waals surface area contributed by atoms with Crippen LogP contribution in [0.15, 0.2) is 23.0 Å². The van der Waals surface area contributed by atoms with Gasteiger partial charge in [0, 0.05) is 6.04 Å². The summed E-state index contributed by atoms with van der Waals surface area (Å²) in [6, 6.07) is 7.14. The van der Waals surface area contributed by atoms with E-state index >= 15 is 0 Å². The first-order valence-electron chi connectivity index (χ1n) is 8.46. The van der Waals surface area contributed by atoms with E-state index in [1.54, 1.807) is 0 Å². The molecule has 2 saturated heterocycles. The number of halogens is 2. The first-order chi connectivity index (χ1) is 10.8. The average molecular weight is 373 g/mol. The average Bonchev–Trinajstić information content (AvgIpc) is 2.95. The zero-order valence-electron chi connectivity index (χ0n) is 13.7. The van der Waals surface area contributed by atoms with Gasteiger partial charge in [-0.05, 0) is 75.5 Å². The molecule has 0 unspecified atom stereocenters. The Morgan fingerprint density at radius 2 is 1.58 bits per heavy atom. The molecule has 24 heavy (non-hydrogen) atoms. The highest BCUT2D eigenvalue weighted by atomic mass is 35.5. The van der Waals surface area contributed by atoms with Crippen LogP contribution in [-0.4, -0.2) is 47.1 Å². The second-order valence-electron chi connectivity index (χ2n) is 6.68. The van der Waals surface area contributed by atoms with Crippen LogP contribution in [0, 0.1) is 0 Å². The fourth-order valence-corrected chi connectivity index (χ4v) is 4.07. The molecule has 1 aromatic heterocycles. The van der Waals surface area contributed by atoms with Gasteiger partial charge in [0.15, 0.2) is 0 Å². The standard InChI is InChI=1S/C17H24N4O.2ClH/c22-17-19-15-2-1-13(11-16(15)20-17)12-5-9-21(10-6-12)14-3-7-18-8-4-14;;/h1-2,11-12,14,18H,3-10H2,(H2,19,20,22);2*1H. The molecule has 0 saturated carbocycles. The molecule has 3 N–H and O–H groups in total. The molecule has 0 atom stereocenters. The SMILES string of the molecule is Cl.Cl.O=c1[nH]c2ccc(C3CCN(C4CCNCC4)CC3)cc2[nH]1. The zero-order chi connectivity index (χ0) is 14.9. The molecule has 0 aliphatic carbocycles. The van der Waals surface area contributed by atoms with Gasteiger partial charge < -0.3 is 20.2 Å². The van der Waals surface area contributed by atoms with Crippen molar-refractivity contribution in [3.05, 3.63) is 34.2 Å². The van der Waals surface area contributed by atoms with Crippen LogP contribution in [0.3, 0.4) is 0 Å². The molecule has 0 amide bonds.